The van der Waals surface area contributed by atoms with Crippen molar-refractivity contribution in [3.8, 4) is 55.6 Å². The molecule has 1 aliphatic rings. The maximum Gasteiger partial charge on any atom is 0.0713 e. The fourth-order valence-electron chi connectivity index (χ4n) is 12.2. The summed E-state index contributed by atoms with van der Waals surface area (Å²) < 4.78 is 0. The van der Waals surface area contributed by atoms with E-state index in [0.717, 1.165) is 22.6 Å². The first-order chi connectivity index (χ1) is 36.7. The number of hydrogen-bond acceptors (Lipinski definition) is 1. The maximum absolute atomic E-state index is 2.44. The van der Waals surface area contributed by atoms with Crippen LogP contribution in [-0.4, -0.2) is 0 Å². The fraction of sp³-hybridized carbons (Fsp3) is 0.0137. The molecule has 74 heavy (non-hydrogen) atoms. The van der Waals surface area contributed by atoms with Gasteiger partial charge in [-0.15, -0.1) is 0 Å². The van der Waals surface area contributed by atoms with Crippen LogP contribution in [0.4, 0.5) is 17.1 Å². The molecule has 13 aromatic rings. The highest BCUT2D eigenvalue weighted by molar-refractivity contribution is 6.22. The van der Waals surface area contributed by atoms with E-state index in [4.69, 9.17) is 0 Å². The minimum atomic E-state index is -0.482. The molecule has 346 valence electrons. The van der Waals surface area contributed by atoms with Crippen molar-refractivity contribution in [3.63, 3.8) is 0 Å². The van der Waals surface area contributed by atoms with Gasteiger partial charge in [0.05, 0.1) is 5.41 Å². The molecule has 0 fully saturated rings. The highest BCUT2D eigenvalue weighted by Gasteiger charge is 2.46. The van der Waals surface area contributed by atoms with Gasteiger partial charge in [-0.05, 0) is 159 Å². The summed E-state index contributed by atoms with van der Waals surface area (Å²) in [5.74, 6) is 0. The van der Waals surface area contributed by atoms with Gasteiger partial charge in [0.15, 0.2) is 0 Å². The van der Waals surface area contributed by atoms with Crippen LogP contribution in [-0.2, 0) is 5.41 Å². The zero-order valence-electron chi connectivity index (χ0n) is 40.7. The zero-order chi connectivity index (χ0) is 49.0. The summed E-state index contributed by atoms with van der Waals surface area (Å²) in [4.78, 5) is 2.44. The number of hydrogen-bond donors (Lipinski definition) is 0. The van der Waals surface area contributed by atoms with E-state index in [9.17, 15) is 0 Å². The largest absolute Gasteiger partial charge is 0.310 e. The highest BCUT2D eigenvalue weighted by Crippen LogP contribution is 2.57. The molecule has 14 rings (SSSR count). The Morgan fingerprint density at radius 2 is 0.716 bits per heavy atom. The second kappa shape index (κ2) is 17.9. The Hall–Kier alpha value is -9.56. The molecule has 0 N–H and O–H groups in total. The number of nitrogens with zero attached hydrogens (tertiary/aromatic N) is 1. The Balaban J connectivity index is 0.945. The van der Waals surface area contributed by atoms with Crippen molar-refractivity contribution in [2.75, 3.05) is 4.90 Å². The zero-order valence-corrected chi connectivity index (χ0v) is 40.7. The minimum absolute atomic E-state index is 0.482. The van der Waals surface area contributed by atoms with Crippen molar-refractivity contribution in [1.29, 1.82) is 0 Å². The van der Waals surface area contributed by atoms with Crippen LogP contribution < -0.4 is 4.90 Å². The summed E-state index contributed by atoms with van der Waals surface area (Å²) in [6.07, 6.45) is 0. The molecule has 0 aliphatic heterocycles. The molecular weight excluding hydrogens is 891 g/mol. The Morgan fingerprint density at radius 3 is 1.43 bits per heavy atom. The summed E-state index contributed by atoms with van der Waals surface area (Å²) >= 11 is 0. The summed E-state index contributed by atoms with van der Waals surface area (Å²) in [6.45, 7) is 0. The third-order valence-electron chi connectivity index (χ3n) is 15.5. The smallest absolute Gasteiger partial charge is 0.0713 e. The molecule has 1 heteroatoms. The quantitative estimate of drug-likeness (QED) is 0.130. The van der Waals surface area contributed by atoms with Crippen LogP contribution in [0.5, 0.6) is 0 Å². The number of fused-ring (bicyclic) bond motifs is 7. The van der Waals surface area contributed by atoms with E-state index in [1.807, 2.05) is 0 Å². The summed E-state index contributed by atoms with van der Waals surface area (Å²) in [5, 5.41) is 7.47. The fourth-order valence-corrected chi connectivity index (χ4v) is 12.2. The number of rotatable bonds is 9. The van der Waals surface area contributed by atoms with E-state index in [-0.39, 0.29) is 0 Å². The predicted octanol–water partition coefficient (Wildman–Crippen LogP) is 19.6. The van der Waals surface area contributed by atoms with Gasteiger partial charge in [-0.25, -0.2) is 0 Å². The molecule has 0 aromatic heterocycles. The molecule has 0 bridgehead atoms. The van der Waals surface area contributed by atoms with Crippen molar-refractivity contribution in [2.24, 2.45) is 0 Å². The van der Waals surface area contributed by atoms with Crippen LogP contribution in [0.2, 0.25) is 0 Å². The molecule has 13 aromatic carbocycles. The minimum Gasteiger partial charge on any atom is -0.310 e. The van der Waals surface area contributed by atoms with Crippen molar-refractivity contribution < 1.29 is 0 Å². The first-order valence-electron chi connectivity index (χ1n) is 25.7. The molecular formula is C73H49N. The highest BCUT2D eigenvalue weighted by atomic mass is 15.1. The molecule has 0 saturated heterocycles. The van der Waals surface area contributed by atoms with Gasteiger partial charge in [-0.2, -0.15) is 0 Å². The molecule has 0 unspecified atom stereocenters. The average Bonchev–Trinajstić information content (AvgIpc) is 3.80. The van der Waals surface area contributed by atoms with Crippen LogP contribution in [0.15, 0.2) is 297 Å². The maximum atomic E-state index is 2.44. The third kappa shape index (κ3) is 7.08. The van der Waals surface area contributed by atoms with Crippen LogP contribution in [0, 0.1) is 0 Å². The van der Waals surface area contributed by atoms with Gasteiger partial charge in [0.1, 0.15) is 0 Å². The standard InChI is InChI=1S/C73H49N/c1-5-21-52(22-6-1)71-66-34-16-15-32-63(66)64-44-40-57(48-68(64)72(71)53-23-7-2-8-24-53)51-38-41-60(42-39-51)74(61-31-19-26-55(47-61)56-37-36-50-20-13-14-25-54(50)46-56)62-43-45-70-67(49-62)65-33-17-18-35-69(65)73(70,58-27-9-3-10-28-58)59-29-11-4-12-30-59/h1-49H. The lowest BCUT2D eigenvalue weighted by Crippen LogP contribution is -2.28. The van der Waals surface area contributed by atoms with Gasteiger partial charge >= 0.3 is 0 Å². The lowest BCUT2D eigenvalue weighted by Gasteiger charge is -2.34. The van der Waals surface area contributed by atoms with Gasteiger partial charge in [-0.3, -0.25) is 0 Å². The molecule has 0 radical (unpaired) electrons. The van der Waals surface area contributed by atoms with Crippen LogP contribution in [0.1, 0.15) is 22.3 Å². The molecule has 1 nitrogen and oxygen atoms in total. The second-order valence-corrected chi connectivity index (χ2v) is 19.5. The van der Waals surface area contributed by atoms with Gasteiger partial charge in [0.25, 0.3) is 0 Å². The summed E-state index contributed by atoms with van der Waals surface area (Å²) in [6, 6.07) is 110. The summed E-state index contributed by atoms with van der Waals surface area (Å²) in [7, 11) is 0. The van der Waals surface area contributed by atoms with Crippen LogP contribution in [0.3, 0.4) is 0 Å². The Labute approximate surface area is 432 Å². The monoisotopic (exact) mass is 939 g/mol. The van der Waals surface area contributed by atoms with Gasteiger partial charge in [0.2, 0.25) is 0 Å². The van der Waals surface area contributed by atoms with E-state index in [1.165, 1.54) is 105 Å². The first-order valence-corrected chi connectivity index (χ1v) is 25.7. The number of benzene rings is 13. The van der Waals surface area contributed by atoms with Crippen LogP contribution in [0.25, 0.3) is 88.0 Å². The van der Waals surface area contributed by atoms with Gasteiger partial charge in [0, 0.05) is 17.1 Å². The molecule has 0 spiro atoms. The molecule has 0 atom stereocenters. The Kier molecular flexibility index (Phi) is 10.5. The lowest BCUT2D eigenvalue weighted by atomic mass is 9.68. The Bertz CT molecular complexity index is 4180. The van der Waals surface area contributed by atoms with Gasteiger partial charge in [-0.1, -0.05) is 249 Å². The average molecular weight is 940 g/mol. The second-order valence-electron chi connectivity index (χ2n) is 19.5. The third-order valence-corrected chi connectivity index (χ3v) is 15.5. The molecule has 0 heterocycles. The van der Waals surface area contributed by atoms with Crippen molar-refractivity contribution in [2.45, 2.75) is 5.41 Å². The molecule has 0 amide bonds. The van der Waals surface area contributed by atoms with Crippen molar-refractivity contribution >= 4 is 49.4 Å². The molecule has 1 aliphatic carbocycles. The summed E-state index contributed by atoms with van der Waals surface area (Å²) in [5.41, 5.74) is 20.0. The Morgan fingerprint density at radius 1 is 0.230 bits per heavy atom. The van der Waals surface area contributed by atoms with Crippen molar-refractivity contribution in [1.82, 2.24) is 0 Å². The van der Waals surface area contributed by atoms with Crippen molar-refractivity contribution in [3.05, 3.63) is 320 Å². The van der Waals surface area contributed by atoms with Gasteiger partial charge < -0.3 is 4.90 Å². The topological polar surface area (TPSA) is 3.24 Å². The molecule has 0 saturated carbocycles. The predicted molar refractivity (Wildman–Crippen MR) is 313 cm³/mol. The SMILES string of the molecule is c1ccc(-c2c(-c3ccccc3)c3cc(-c4ccc(N(c5cccc(-c6ccc7ccccc7c6)c5)c5ccc6c(c5)-c5ccccc5C6(c5ccccc5)c5ccccc5)cc4)ccc3c3ccccc23)cc1. The normalized spacial score (nSPS) is 12.4. The van der Waals surface area contributed by atoms with E-state index >= 15 is 0 Å². The van der Waals surface area contributed by atoms with E-state index in [0.29, 0.717) is 0 Å². The lowest BCUT2D eigenvalue weighted by molar-refractivity contribution is 0.768. The van der Waals surface area contributed by atoms with E-state index < -0.39 is 5.41 Å². The van der Waals surface area contributed by atoms with E-state index in [1.54, 1.807) is 0 Å². The first kappa shape index (κ1) is 43.2. The number of anilines is 3. The van der Waals surface area contributed by atoms with Crippen LogP contribution >= 0.6 is 0 Å². The van der Waals surface area contributed by atoms with E-state index in [2.05, 4.69) is 302 Å².